The van der Waals surface area contributed by atoms with Crippen LogP contribution in [0.15, 0.2) is 61.1 Å². The number of nitrogens with zero attached hydrogens (tertiary/aromatic N) is 2. The lowest BCUT2D eigenvalue weighted by molar-refractivity contribution is -0.0930. The fourth-order valence-electron chi connectivity index (χ4n) is 5.55. The van der Waals surface area contributed by atoms with Crippen LogP contribution in [0.4, 0.5) is 8.78 Å². The average molecular weight is 460 g/mol. The van der Waals surface area contributed by atoms with Crippen molar-refractivity contribution in [2.75, 3.05) is 6.54 Å². The van der Waals surface area contributed by atoms with Crippen molar-refractivity contribution >= 4 is 11.0 Å². The van der Waals surface area contributed by atoms with Crippen LogP contribution in [0.5, 0.6) is 0 Å². The number of alkyl halides is 2. The van der Waals surface area contributed by atoms with Crippen LogP contribution in [0, 0.1) is 0 Å². The van der Waals surface area contributed by atoms with E-state index in [1.807, 2.05) is 12.3 Å². The van der Waals surface area contributed by atoms with E-state index in [9.17, 15) is 8.78 Å². The van der Waals surface area contributed by atoms with E-state index in [2.05, 4.69) is 62.7 Å². The highest BCUT2D eigenvalue weighted by atomic mass is 19.3. The highest BCUT2D eigenvalue weighted by molar-refractivity contribution is 5.90. The zero-order valence-corrected chi connectivity index (χ0v) is 18.8. The first-order chi connectivity index (χ1) is 16.4. The van der Waals surface area contributed by atoms with Gasteiger partial charge in [0.25, 0.3) is 5.92 Å². The minimum absolute atomic E-state index is 0.0635. The molecule has 1 atom stereocenters. The van der Waals surface area contributed by atoms with Gasteiger partial charge in [0.15, 0.2) is 0 Å². The lowest BCUT2D eigenvalue weighted by atomic mass is 9.77. The maximum atomic E-state index is 13.1. The Balaban J connectivity index is 1.25. The van der Waals surface area contributed by atoms with Crippen molar-refractivity contribution in [1.29, 1.82) is 0 Å². The zero-order chi connectivity index (χ0) is 23.3. The topological polar surface area (TPSA) is 79.6 Å². The number of nitrogens with two attached hydrogens (primary N) is 1. The molecule has 2 aliphatic rings. The number of rotatable bonds is 6. The molecule has 34 heavy (non-hydrogen) atoms. The van der Waals surface area contributed by atoms with Crippen molar-refractivity contribution in [1.82, 2.24) is 20.3 Å². The Morgan fingerprint density at radius 3 is 2.71 bits per heavy atom. The monoisotopic (exact) mass is 459 g/mol. The summed E-state index contributed by atoms with van der Waals surface area (Å²) in [5, 5.41) is 4.26. The summed E-state index contributed by atoms with van der Waals surface area (Å²) in [5.74, 6) is -2.50. The fourth-order valence-corrected chi connectivity index (χ4v) is 5.55. The molecule has 4 aromatic rings. The average Bonchev–Trinajstić information content (AvgIpc) is 3.46. The Morgan fingerprint density at radius 2 is 1.88 bits per heavy atom. The highest BCUT2D eigenvalue weighted by Crippen LogP contribution is 2.41. The Labute approximate surface area is 196 Å². The maximum Gasteiger partial charge on any atom is 0.251 e. The van der Waals surface area contributed by atoms with E-state index in [1.54, 1.807) is 6.33 Å². The minimum Gasteiger partial charge on any atom is -0.346 e. The molecule has 4 N–H and O–H groups in total. The van der Waals surface area contributed by atoms with Crippen molar-refractivity contribution in [3.63, 3.8) is 0 Å². The van der Waals surface area contributed by atoms with Crippen LogP contribution < -0.4 is 11.1 Å². The maximum absolute atomic E-state index is 13.1. The summed E-state index contributed by atoms with van der Waals surface area (Å²) in [6.45, 7) is 1.15. The molecular formula is C27H27F2N5. The molecule has 6 rings (SSSR count). The molecule has 174 valence electrons. The summed E-state index contributed by atoms with van der Waals surface area (Å²) in [5.41, 5.74) is 14.0. The molecule has 2 aromatic heterocycles. The number of fused-ring (bicyclic) bond motifs is 2. The van der Waals surface area contributed by atoms with Gasteiger partial charge in [-0.1, -0.05) is 36.4 Å². The molecule has 0 bridgehead atoms. The SMILES string of the molecule is NCC1(c2cccc(-c3ncnc4[nH]ccc34)c2)Cc2ccc(CNC3CC(F)(F)C3)cc2C1. The van der Waals surface area contributed by atoms with Crippen molar-refractivity contribution in [2.24, 2.45) is 5.73 Å². The fraction of sp³-hybridized carbons (Fsp3) is 0.333. The van der Waals surface area contributed by atoms with Crippen LogP contribution in [-0.2, 0) is 24.8 Å². The lowest BCUT2D eigenvalue weighted by Gasteiger charge is -2.35. The molecule has 2 heterocycles. The van der Waals surface area contributed by atoms with E-state index in [0.717, 1.165) is 40.7 Å². The summed E-state index contributed by atoms with van der Waals surface area (Å²) >= 11 is 0. The van der Waals surface area contributed by atoms with Gasteiger partial charge in [-0.15, -0.1) is 0 Å². The number of aromatic amines is 1. The smallest absolute Gasteiger partial charge is 0.251 e. The number of benzene rings is 2. The number of nitrogens with one attached hydrogen (secondary N) is 2. The van der Waals surface area contributed by atoms with Crippen LogP contribution in [0.2, 0.25) is 0 Å². The Kier molecular flexibility index (Phi) is 5.00. The van der Waals surface area contributed by atoms with Crippen LogP contribution in [0.1, 0.15) is 35.1 Å². The third-order valence-electron chi connectivity index (χ3n) is 7.51. The van der Waals surface area contributed by atoms with Crippen LogP contribution in [0.25, 0.3) is 22.3 Å². The third-order valence-corrected chi connectivity index (χ3v) is 7.51. The standard InChI is InChI=1S/C27H27F2N5/c28-27(29)12-22(13-27)32-14-17-4-5-19-10-26(15-30,11-20(19)8-17)21-3-1-2-18(9-21)24-23-6-7-31-25(23)34-16-33-24/h1-9,16,22,32H,10-15,30H2,(H,31,33,34). The van der Waals surface area contributed by atoms with Gasteiger partial charge in [-0.2, -0.15) is 0 Å². The molecule has 0 radical (unpaired) electrons. The van der Waals surface area contributed by atoms with Gasteiger partial charge >= 0.3 is 0 Å². The zero-order valence-electron chi connectivity index (χ0n) is 18.8. The summed E-state index contributed by atoms with van der Waals surface area (Å²) in [7, 11) is 0. The Bertz CT molecular complexity index is 1360. The second kappa shape index (κ2) is 7.96. The predicted octanol–water partition coefficient (Wildman–Crippen LogP) is 4.51. The molecule has 1 fully saturated rings. The van der Waals surface area contributed by atoms with Crippen molar-refractivity contribution in [3.8, 4) is 11.3 Å². The minimum atomic E-state index is -2.50. The number of hydrogen-bond donors (Lipinski definition) is 3. The van der Waals surface area contributed by atoms with Gasteiger partial charge in [0.05, 0.1) is 5.69 Å². The molecular weight excluding hydrogens is 432 g/mol. The summed E-state index contributed by atoms with van der Waals surface area (Å²) in [4.78, 5) is 12.0. The molecule has 1 unspecified atom stereocenters. The van der Waals surface area contributed by atoms with Gasteiger partial charge < -0.3 is 16.0 Å². The van der Waals surface area contributed by atoms with Crippen LogP contribution >= 0.6 is 0 Å². The summed E-state index contributed by atoms with van der Waals surface area (Å²) in [6, 6.07) is 16.9. The van der Waals surface area contributed by atoms with Gasteiger partial charge in [0.1, 0.15) is 12.0 Å². The van der Waals surface area contributed by atoms with Gasteiger partial charge in [0.2, 0.25) is 0 Å². The molecule has 7 heteroatoms. The Hall–Kier alpha value is -3.16. The highest BCUT2D eigenvalue weighted by Gasteiger charge is 2.45. The molecule has 0 aliphatic heterocycles. The van der Waals surface area contributed by atoms with Gasteiger partial charge in [-0.05, 0) is 47.2 Å². The predicted molar refractivity (Wildman–Crippen MR) is 129 cm³/mol. The van der Waals surface area contributed by atoms with Gasteiger partial charge in [-0.25, -0.2) is 18.7 Å². The lowest BCUT2D eigenvalue weighted by Crippen LogP contribution is -2.48. The van der Waals surface area contributed by atoms with Crippen molar-refractivity contribution in [2.45, 2.75) is 49.6 Å². The van der Waals surface area contributed by atoms with Gasteiger partial charge in [-0.3, -0.25) is 0 Å². The van der Waals surface area contributed by atoms with Gasteiger partial charge in [0, 0.05) is 54.5 Å². The van der Waals surface area contributed by atoms with Crippen LogP contribution in [0.3, 0.4) is 0 Å². The quantitative estimate of drug-likeness (QED) is 0.397. The largest absolute Gasteiger partial charge is 0.346 e. The number of halogens is 2. The molecule has 1 saturated carbocycles. The van der Waals surface area contributed by atoms with E-state index >= 15 is 0 Å². The van der Waals surface area contributed by atoms with Crippen molar-refractivity contribution < 1.29 is 8.78 Å². The Morgan fingerprint density at radius 1 is 1.03 bits per heavy atom. The van der Waals surface area contributed by atoms with E-state index in [4.69, 9.17) is 5.73 Å². The number of hydrogen-bond acceptors (Lipinski definition) is 4. The van der Waals surface area contributed by atoms with E-state index in [-0.39, 0.29) is 24.3 Å². The molecule has 5 nitrogen and oxygen atoms in total. The normalized spacial score (nSPS) is 21.5. The first-order valence-electron chi connectivity index (χ1n) is 11.8. The number of H-pyrrole nitrogens is 1. The number of aromatic nitrogens is 3. The third kappa shape index (κ3) is 3.69. The molecule has 0 saturated heterocycles. The van der Waals surface area contributed by atoms with Crippen LogP contribution in [-0.4, -0.2) is 33.5 Å². The molecule has 2 aliphatic carbocycles. The molecule has 0 amide bonds. The summed E-state index contributed by atoms with van der Waals surface area (Å²) in [6.07, 6.45) is 5.09. The first kappa shape index (κ1) is 21.4. The second-order valence-corrected chi connectivity index (χ2v) is 9.83. The van der Waals surface area contributed by atoms with E-state index in [1.165, 1.54) is 16.7 Å². The first-order valence-corrected chi connectivity index (χ1v) is 11.8. The molecule has 2 aromatic carbocycles. The van der Waals surface area contributed by atoms with Crippen molar-refractivity contribution in [3.05, 3.63) is 83.3 Å². The van der Waals surface area contributed by atoms with E-state index in [0.29, 0.717) is 13.1 Å². The molecule has 0 spiro atoms. The second-order valence-electron chi connectivity index (χ2n) is 9.83. The van der Waals surface area contributed by atoms with E-state index < -0.39 is 5.92 Å². The summed E-state index contributed by atoms with van der Waals surface area (Å²) < 4.78 is 26.2.